The molecule has 0 saturated carbocycles. The van der Waals surface area contributed by atoms with Gasteiger partial charge >= 0.3 is 6.61 Å². The number of ether oxygens (including phenoxy) is 1. The summed E-state index contributed by atoms with van der Waals surface area (Å²) in [6.45, 7) is -2.77. The van der Waals surface area contributed by atoms with Crippen LogP contribution in [0.25, 0.3) is 0 Å². The largest absolute Gasteiger partial charge is 0.435 e. The lowest BCUT2D eigenvalue weighted by molar-refractivity contribution is -0.0498. The van der Waals surface area contributed by atoms with Gasteiger partial charge in [-0.15, -0.1) is 11.6 Å². The molecular weight excluding hydrogens is 186 g/mol. The Bertz CT molecular complexity index is 235. The maximum atomic E-state index is 11.7. The molecule has 66 valence electrons. The normalized spacial score (nSPS) is 10.3. The van der Waals surface area contributed by atoms with Crippen LogP contribution in [0.1, 0.15) is 5.56 Å². The Hall–Kier alpha value is -0.830. The zero-order valence-electron chi connectivity index (χ0n) is 6.14. The lowest BCUT2D eigenvalue weighted by Crippen LogP contribution is -2.01. The second-order valence-electron chi connectivity index (χ2n) is 2.16. The molecule has 0 heterocycles. The van der Waals surface area contributed by atoms with Crippen molar-refractivity contribution >= 4 is 11.6 Å². The van der Waals surface area contributed by atoms with E-state index in [4.69, 9.17) is 11.6 Å². The average molecular weight is 193 g/mol. The van der Waals surface area contributed by atoms with Crippen LogP contribution in [-0.2, 0) is 5.88 Å². The molecule has 0 spiro atoms. The maximum absolute atomic E-state index is 11.7. The van der Waals surface area contributed by atoms with E-state index >= 15 is 0 Å². The van der Waals surface area contributed by atoms with Crippen LogP contribution < -0.4 is 4.74 Å². The molecule has 0 amide bonds. The van der Waals surface area contributed by atoms with Gasteiger partial charge in [-0.2, -0.15) is 8.78 Å². The van der Waals surface area contributed by atoms with Crippen molar-refractivity contribution in [2.24, 2.45) is 0 Å². The van der Waals surface area contributed by atoms with Crippen LogP contribution >= 0.6 is 11.6 Å². The molecular formula is C8H7ClF2O. The molecule has 1 nitrogen and oxygen atoms in total. The second-order valence-corrected chi connectivity index (χ2v) is 2.42. The van der Waals surface area contributed by atoms with Crippen LogP contribution in [0.15, 0.2) is 24.3 Å². The predicted molar refractivity (Wildman–Crippen MR) is 42.6 cm³/mol. The van der Waals surface area contributed by atoms with Crippen molar-refractivity contribution in [1.82, 2.24) is 0 Å². The first-order valence-electron chi connectivity index (χ1n) is 3.32. The highest BCUT2D eigenvalue weighted by atomic mass is 35.5. The van der Waals surface area contributed by atoms with Crippen LogP contribution in [0.5, 0.6) is 5.75 Å². The Kier molecular flexibility index (Phi) is 3.29. The maximum Gasteiger partial charge on any atom is 0.387 e. The van der Waals surface area contributed by atoms with Gasteiger partial charge in [0, 0.05) is 5.88 Å². The Morgan fingerprint density at radius 1 is 1.25 bits per heavy atom. The summed E-state index contributed by atoms with van der Waals surface area (Å²) in [4.78, 5) is 0. The van der Waals surface area contributed by atoms with E-state index in [0.717, 1.165) is 5.56 Å². The summed E-state index contributed by atoms with van der Waals surface area (Å²) < 4.78 is 27.4. The molecule has 0 aromatic heterocycles. The minimum Gasteiger partial charge on any atom is -0.435 e. The summed E-state index contributed by atoms with van der Waals surface area (Å²) in [6.07, 6.45) is 0. The van der Waals surface area contributed by atoms with E-state index in [1.165, 1.54) is 12.1 Å². The summed E-state index contributed by atoms with van der Waals surface area (Å²) in [5, 5.41) is 0. The van der Waals surface area contributed by atoms with Gasteiger partial charge in [-0.05, 0) is 17.7 Å². The van der Waals surface area contributed by atoms with Gasteiger partial charge in [0.2, 0.25) is 0 Å². The second kappa shape index (κ2) is 4.26. The zero-order chi connectivity index (χ0) is 8.97. The molecule has 0 radical (unpaired) electrons. The van der Waals surface area contributed by atoms with Crippen molar-refractivity contribution in [3.05, 3.63) is 29.8 Å². The molecule has 0 saturated heterocycles. The van der Waals surface area contributed by atoms with Gasteiger partial charge in [-0.25, -0.2) is 0 Å². The monoisotopic (exact) mass is 192 g/mol. The fourth-order valence-corrected chi connectivity index (χ4v) is 0.938. The molecule has 0 N–H and O–H groups in total. The van der Waals surface area contributed by atoms with E-state index < -0.39 is 6.61 Å². The van der Waals surface area contributed by atoms with Crippen molar-refractivity contribution in [3.63, 3.8) is 0 Å². The number of alkyl halides is 3. The van der Waals surface area contributed by atoms with Gasteiger partial charge in [-0.1, -0.05) is 12.1 Å². The summed E-state index contributed by atoms with van der Waals surface area (Å²) in [6, 6.07) is 6.21. The van der Waals surface area contributed by atoms with Gasteiger partial charge < -0.3 is 4.74 Å². The lowest BCUT2D eigenvalue weighted by atomic mass is 10.2. The molecule has 1 aromatic rings. The third-order valence-corrected chi connectivity index (χ3v) is 1.61. The Balaban J connectivity index is 2.65. The quantitative estimate of drug-likeness (QED) is 0.669. The van der Waals surface area contributed by atoms with E-state index in [1.54, 1.807) is 12.1 Å². The van der Waals surface area contributed by atoms with E-state index in [9.17, 15) is 8.78 Å². The minimum atomic E-state index is -2.77. The molecule has 0 aliphatic heterocycles. The average Bonchev–Trinajstić information content (AvgIpc) is 2.05. The first-order chi connectivity index (χ1) is 5.72. The van der Waals surface area contributed by atoms with Crippen molar-refractivity contribution in [3.8, 4) is 5.75 Å². The van der Waals surface area contributed by atoms with Gasteiger partial charge in [0.25, 0.3) is 0 Å². The van der Waals surface area contributed by atoms with E-state index in [-0.39, 0.29) is 5.75 Å². The van der Waals surface area contributed by atoms with Crippen molar-refractivity contribution in [2.45, 2.75) is 12.5 Å². The highest BCUT2D eigenvalue weighted by Crippen LogP contribution is 2.15. The summed E-state index contributed by atoms with van der Waals surface area (Å²) in [7, 11) is 0. The molecule has 1 aromatic carbocycles. The molecule has 4 heteroatoms. The van der Waals surface area contributed by atoms with E-state index in [0.29, 0.717) is 5.88 Å². The van der Waals surface area contributed by atoms with Gasteiger partial charge in [0.05, 0.1) is 0 Å². The third-order valence-electron chi connectivity index (χ3n) is 1.30. The number of rotatable bonds is 3. The summed E-state index contributed by atoms with van der Waals surface area (Å²) in [5.74, 6) is 0.522. The van der Waals surface area contributed by atoms with Crippen molar-refractivity contribution < 1.29 is 13.5 Å². The number of hydrogen-bond donors (Lipinski definition) is 0. The van der Waals surface area contributed by atoms with Gasteiger partial charge in [0.1, 0.15) is 5.75 Å². The fourth-order valence-electron chi connectivity index (χ4n) is 0.760. The highest BCUT2D eigenvalue weighted by Gasteiger charge is 2.02. The third kappa shape index (κ3) is 2.66. The highest BCUT2D eigenvalue weighted by molar-refractivity contribution is 6.17. The van der Waals surface area contributed by atoms with Crippen molar-refractivity contribution in [1.29, 1.82) is 0 Å². The molecule has 0 atom stereocenters. The Morgan fingerprint density at radius 2 is 1.83 bits per heavy atom. The molecule has 1 rings (SSSR count). The predicted octanol–water partition coefficient (Wildman–Crippen LogP) is 3.03. The fraction of sp³-hybridized carbons (Fsp3) is 0.250. The summed E-state index contributed by atoms with van der Waals surface area (Å²) in [5.41, 5.74) is 0.873. The minimum absolute atomic E-state index is 0.152. The first-order valence-corrected chi connectivity index (χ1v) is 3.85. The molecule has 0 fully saturated rings. The standard InChI is InChI=1S/C8H7ClF2O/c9-5-6-1-3-7(4-2-6)12-8(10)11/h1-4,8H,5H2. The van der Waals surface area contributed by atoms with E-state index in [1.807, 2.05) is 0 Å². The van der Waals surface area contributed by atoms with Crippen LogP contribution in [0.4, 0.5) is 8.78 Å². The summed E-state index contributed by atoms with van der Waals surface area (Å²) >= 11 is 5.50. The van der Waals surface area contributed by atoms with Gasteiger partial charge in [0.15, 0.2) is 0 Å². The van der Waals surface area contributed by atoms with Gasteiger partial charge in [-0.3, -0.25) is 0 Å². The molecule has 0 aliphatic carbocycles. The topological polar surface area (TPSA) is 9.23 Å². The number of hydrogen-bond acceptors (Lipinski definition) is 1. The SMILES string of the molecule is FC(F)Oc1ccc(CCl)cc1. The molecule has 12 heavy (non-hydrogen) atoms. The molecule has 0 unspecified atom stereocenters. The Morgan fingerprint density at radius 3 is 2.25 bits per heavy atom. The number of benzene rings is 1. The van der Waals surface area contributed by atoms with Crippen LogP contribution in [-0.4, -0.2) is 6.61 Å². The van der Waals surface area contributed by atoms with Crippen LogP contribution in [0, 0.1) is 0 Å². The van der Waals surface area contributed by atoms with Crippen LogP contribution in [0.3, 0.4) is 0 Å². The van der Waals surface area contributed by atoms with Crippen molar-refractivity contribution in [2.75, 3.05) is 0 Å². The first kappa shape index (κ1) is 9.26. The smallest absolute Gasteiger partial charge is 0.387 e. The lowest BCUT2D eigenvalue weighted by Gasteiger charge is -2.03. The molecule has 0 aliphatic rings. The van der Waals surface area contributed by atoms with Crippen LogP contribution in [0.2, 0.25) is 0 Å². The number of halogens is 3. The zero-order valence-corrected chi connectivity index (χ0v) is 6.89. The van der Waals surface area contributed by atoms with E-state index in [2.05, 4.69) is 4.74 Å². The molecule has 0 bridgehead atoms. The Labute approximate surface area is 73.9 Å².